The van der Waals surface area contributed by atoms with E-state index in [1.165, 1.54) is 0 Å². The Hall–Kier alpha value is -1.89. The molecule has 3 rings (SSSR count). The van der Waals surface area contributed by atoms with Gasteiger partial charge in [0.05, 0.1) is 5.56 Å². The molecule has 1 fully saturated rings. The second kappa shape index (κ2) is 6.70. The van der Waals surface area contributed by atoms with Crippen LogP contribution in [0.25, 0.3) is 0 Å². The van der Waals surface area contributed by atoms with E-state index in [4.69, 9.17) is 4.42 Å². The van der Waals surface area contributed by atoms with Crippen molar-refractivity contribution < 1.29 is 9.21 Å². The van der Waals surface area contributed by atoms with Gasteiger partial charge in [-0.1, -0.05) is 31.1 Å². The van der Waals surface area contributed by atoms with Gasteiger partial charge in [-0.15, -0.1) is 5.10 Å². The Labute approximate surface area is 143 Å². The van der Waals surface area contributed by atoms with Crippen LogP contribution in [0.2, 0.25) is 0 Å². The second-order valence-corrected chi connectivity index (χ2v) is 6.69. The van der Waals surface area contributed by atoms with Crippen molar-refractivity contribution in [1.29, 1.82) is 0 Å². The quantitative estimate of drug-likeness (QED) is 0.821. The van der Waals surface area contributed by atoms with Crippen LogP contribution < -0.4 is 4.90 Å². The SMILES string of the molecule is CC(C)c1nnc(N2CCN(C(=O)c3ccccc3Br)CC2)o1. The molecule has 2 heterocycles. The Morgan fingerprint density at radius 1 is 1.17 bits per heavy atom. The first-order valence-electron chi connectivity index (χ1n) is 7.68. The highest BCUT2D eigenvalue weighted by molar-refractivity contribution is 9.10. The smallest absolute Gasteiger partial charge is 0.318 e. The van der Waals surface area contributed by atoms with Gasteiger partial charge < -0.3 is 14.2 Å². The molecule has 0 bridgehead atoms. The molecule has 6 nitrogen and oxygen atoms in total. The number of anilines is 1. The summed E-state index contributed by atoms with van der Waals surface area (Å²) in [5, 5.41) is 8.16. The highest BCUT2D eigenvalue weighted by Gasteiger charge is 2.26. The summed E-state index contributed by atoms with van der Waals surface area (Å²) >= 11 is 3.44. The maximum Gasteiger partial charge on any atom is 0.318 e. The van der Waals surface area contributed by atoms with Gasteiger partial charge in [-0.05, 0) is 28.1 Å². The van der Waals surface area contributed by atoms with E-state index in [0.717, 1.165) is 4.47 Å². The lowest BCUT2D eigenvalue weighted by molar-refractivity contribution is 0.0744. The number of hydrogen-bond donors (Lipinski definition) is 0. The molecule has 7 heteroatoms. The number of piperazine rings is 1. The maximum atomic E-state index is 12.6. The monoisotopic (exact) mass is 378 g/mol. The lowest BCUT2D eigenvalue weighted by Gasteiger charge is -2.33. The highest BCUT2D eigenvalue weighted by Crippen LogP contribution is 2.22. The molecule has 1 saturated heterocycles. The molecule has 122 valence electrons. The van der Waals surface area contributed by atoms with Crippen molar-refractivity contribution >= 4 is 27.9 Å². The van der Waals surface area contributed by atoms with Crippen molar-refractivity contribution in [3.05, 3.63) is 40.2 Å². The zero-order chi connectivity index (χ0) is 16.4. The molecule has 1 aliphatic rings. The number of rotatable bonds is 3. The van der Waals surface area contributed by atoms with Crippen molar-refractivity contribution in [3.63, 3.8) is 0 Å². The largest absolute Gasteiger partial charge is 0.408 e. The third-order valence-electron chi connectivity index (χ3n) is 3.87. The summed E-state index contributed by atoms with van der Waals surface area (Å²) in [4.78, 5) is 16.5. The average Bonchev–Trinajstić information content (AvgIpc) is 3.05. The first kappa shape index (κ1) is 16.0. The normalized spacial score (nSPS) is 15.3. The summed E-state index contributed by atoms with van der Waals surface area (Å²) < 4.78 is 6.50. The van der Waals surface area contributed by atoms with Gasteiger partial charge in [-0.25, -0.2) is 0 Å². The molecular formula is C16H19BrN4O2. The molecule has 0 radical (unpaired) electrons. The second-order valence-electron chi connectivity index (χ2n) is 5.84. The number of halogens is 1. The lowest BCUT2D eigenvalue weighted by atomic mass is 10.2. The third-order valence-corrected chi connectivity index (χ3v) is 4.56. The van der Waals surface area contributed by atoms with Crippen LogP contribution in [0.1, 0.15) is 36.0 Å². The van der Waals surface area contributed by atoms with Gasteiger partial charge in [0.2, 0.25) is 5.89 Å². The van der Waals surface area contributed by atoms with Gasteiger partial charge in [-0.3, -0.25) is 4.79 Å². The summed E-state index contributed by atoms with van der Waals surface area (Å²) in [5.41, 5.74) is 0.695. The van der Waals surface area contributed by atoms with Crippen LogP contribution in [0.15, 0.2) is 33.2 Å². The van der Waals surface area contributed by atoms with Gasteiger partial charge in [-0.2, -0.15) is 0 Å². The van der Waals surface area contributed by atoms with Crippen LogP contribution >= 0.6 is 15.9 Å². The minimum atomic E-state index is 0.0468. The predicted molar refractivity (Wildman–Crippen MR) is 90.6 cm³/mol. The fraction of sp³-hybridized carbons (Fsp3) is 0.438. The van der Waals surface area contributed by atoms with Crippen molar-refractivity contribution in [2.75, 3.05) is 31.1 Å². The summed E-state index contributed by atoms with van der Waals surface area (Å²) in [5.74, 6) is 0.909. The fourth-order valence-electron chi connectivity index (χ4n) is 2.49. The standard InChI is InChI=1S/C16H19BrN4O2/c1-11(2)14-18-19-16(23-14)21-9-7-20(8-10-21)15(22)12-5-3-4-6-13(12)17/h3-6,11H,7-10H2,1-2H3. The van der Waals surface area contributed by atoms with Gasteiger partial charge in [0, 0.05) is 36.6 Å². The van der Waals surface area contributed by atoms with E-state index in [1.54, 1.807) is 0 Å². The zero-order valence-electron chi connectivity index (χ0n) is 13.2. The van der Waals surface area contributed by atoms with Gasteiger partial charge in [0.1, 0.15) is 0 Å². The number of aromatic nitrogens is 2. The minimum absolute atomic E-state index is 0.0468. The summed E-state index contributed by atoms with van der Waals surface area (Å²) in [6.45, 7) is 6.70. The molecule has 1 aromatic carbocycles. The number of amides is 1. The first-order chi connectivity index (χ1) is 11.1. The van der Waals surface area contributed by atoms with Crippen LogP contribution in [0.5, 0.6) is 0 Å². The van der Waals surface area contributed by atoms with Crippen LogP contribution in [-0.4, -0.2) is 47.2 Å². The van der Waals surface area contributed by atoms with E-state index in [9.17, 15) is 4.79 Å². The van der Waals surface area contributed by atoms with E-state index in [0.29, 0.717) is 43.6 Å². The molecule has 0 spiro atoms. The van der Waals surface area contributed by atoms with E-state index in [1.807, 2.05) is 47.9 Å². The Morgan fingerprint density at radius 2 is 1.87 bits per heavy atom. The molecule has 1 amide bonds. The minimum Gasteiger partial charge on any atom is -0.408 e. The van der Waals surface area contributed by atoms with Crippen molar-refractivity contribution in [2.24, 2.45) is 0 Å². The van der Waals surface area contributed by atoms with E-state index < -0.39 is 0 Å². The van der Waals surface area contributed by atoms with Crippen LogP contribution in [0.3, 0.4) is 0 Å². The van der Waals surface area contributed by atoms with Gasteiger partial charge >= 0.3 is 6.01 Å². The maximum absolute atomic E-state index is 12.6. The lowest BCUT2D eigenvalue weighted by Crippen LogP contribution is -2.49. The number of carbonyl (C=O) groups is 1. The summed E-state index contributed by atoms with van der Waals surface area (Å²) in [6.07, 6.45) is 0. The Bertz CT molecular complexity index is 693. The third kappa shape index (κ3) is 3.39. The number of carbonyl (C=O) groups excluding carboxylic acids is 1. The van der Waals surface area contributed by atoms with Crippen LogP contribution in [0.4, 0.5) is 6.01 Å². The molecule has 0 unspecified atom stereocenters. The average molecular weight is 379 g/mol. The van der Waals surface area contributed by atoms with Gasteiger partial charge in [0.25, 0.3) is 5.91 Å². The van der Waals surface area contributed by atoms with Crippen molar-refractivity contribution in [3.8, 4) is 0 Å². The molecular weight excluding hydrogens is 360 g/mol. The van der Waals surface area contributed by atoms with Gasteiger partial charge in [0.15, 0.2) is 0 Å². The highest BCUT2D eigenvalue weighted by atomic mass is 79.9. The predicted octanol–water partition coefficient (Wildman–Crippen LogP) is 2.92. The molecule has 0 N–H and O–H groups in total. The molecule has 1 aliphatic heterocycles. The Balaban J connectivity index is 1.64. The topological polar surface area (TPSA) is 62.5 Å². The van der Waals surface area contributed by atoms with Crippen molar-refractivity contribution in [1.82, 2.24) is 15.1 Å². The number of nitrogens with zero attached hydrogens (tertiary/aromatic N) is 4. The number of hydrogen-bond acceptors (Lipinski definition) is 5. The molecule has 0 saturated carbocycles. The fourth-order valence-corrected chi connectivity index (χ4v) is 2.95. The van der Waals surface area contributed by atoms with E-state index in [2.05, 4.69) is 26.1 Å². The Kier molecular flexibility index (Phi) is 4.66. The molecule has 0 atom stereocenters. The Morgan fingerprint density at radius 3 is 2.48 bits per heavy atom. The van der Waals surface area contributed by atoms with Crippen LogP contribution in [0, 0.1) is 0 Å². The zero-order valence-corrected chi connectivity index (χ0v) is 14.8. The molecule has 0 aliphatic carbocycles. The van der Waals surface area contributed by atoms with Crippen molar-refractivity contribution in [2.45, 2.75) is 19.8 Å². The molecule has 1 aromatic heterocycles. The van der Waals surface area contributed by atoms with E-state index >= 15 is 0 Å². The summed E-state index contributed by atoms with van der Waals surface area (Å²) in [7, 11) is 0. The van der Waals surface area contributed by atoms with Crippen LogP contribution in [-0.2, 0) is 0 Å². The summed E-state index contributed by atoms with van der Waals surface area (Å²) in [6, 6.07) is 8.05. The molecule has 2 aromatic rings. The van der Waals surface area contributed by atoms with E-state index in [-0.39, 0.29) is 11.8 Å². The molecule has 23 heavy (non-hydrogen) atoms. The number of benzene rings is 1. The first-order valence-corrected chi connectivity index (χ1v) is 8.47.